The molecule has 0 spiro atoms. The first-order valence-corrected chi connectivity index (χ1v) is 5.59. The monoisotopic (exact) mass is 283 g/mol. The minimum atomic E-state index is -0.920. The van der Waals surface area contributed by atoms with Gasteiger partial charge in [-0.3, -0.25) is 0 Å². The van der Waals surface area contributed by atoms with Crippen LogP contribution < -0.4 is 4.90 Å². The molecule has 4 heteroatoms. The van der Waals surface area contributed by atoms with Crippen molar-refractivity contribution in [3.63, 3.8) is 0 Å². The summed E-state index contributed by atoms with van der Waals surface area (Å²) in [6.07, 6.45) is 0. The molecule has 0 saturated carbocycles. The van der Waals surface area contributed by atoms with Gasteiger partial charge in [0.15, 0.2) is 0 Å². The summed E-state index contributed by atoms with van der Waals surface area (Å²) in [5.41, 5.74) is 1.97. The third-order valence-corrected chi connectivity index (χ3v) is 2.60. The summed E-state index contributed by atoms with van der Waals surface area (Å²) in [6.45, 7) is 6.36. The maximum atomic E-state index is 11.1. The zero-order valence-electron chi connectivity index (χ0n) is 9.33. The van der Waals surface area contributed by atoms with E-state index in [1.165, 1.54) is 0 Å². The van der Waals surface area contributed by atoms with E-state index in [1.54, 1.807) is 18.2 Å². The Bertz CT molecular complexity index is 429. The summed E-state index contributed by atoms with van der Waals surface area (Å²) in [6, 6.07) is 5.12. The van der Waals surface area contributed by atoms with Gasteiger partial charge in [0, 0.05) is 18.1 Å². The highest BCUT2D eigenvalue weighted by Crippen LogP contribution is 2.24. The van der Waals surface area contributed by atoms with Crippen LogP contribution in [0.4, 0.5) is 5.69 Å². The zero-order valence-corrected chi connectivity index (χ0v) is 10.9. The fraction of sp³-hybridized carbons (Fsp3) is 0.250. The Morgan fingerprint density at radius 1 is 1.56 bits per heavy atom. The van der Waals surface area contributed by atoms with E-state index in [0.29, 0.717) is 17.8 Å². The van der Waals surface area contributed by atoms with E-state index in [9.17, 15) is 4.79 Å². The maximum absolute atomic E-state index is 11.1. The number of benzene rings is 1. The van der Waals surface area contributed by atoms with Crippen molar-refractivity contribution in [2.45, 2.75) is 6.92 Å². The predicted molar refractivity (Wildman–Crippen MR) is 69.2 cm³/mol. The third kappa shape index (κ3) is 3.10. The van der Waals surface area contributed by atoms with E-state index < -0.39 is 5.97 Å². The van der Waals surface area contributed by atoms with Gasteiger partial charge in [-0.2, -0.15) is 0 Å². The Hall–Kier alpha value is -1.29. The molecule has 0 saturated heterocycles. The molecule has 0 atom stereocenters. The molecule has 0 aromatic heterocycles. The molecular formula is C12H14BrNO2. The lowest BCUT2D eigenvalue weighted by atomic mass is 10.1. The molecule has 0 heterocycles. The van der Waals surface area contributed by atoms with E-state index in [0.717, 1.165) is 10.0 Å². The van der Waals surface area contributed by atoms with Crippen LogP contribution in [0.15, 0.2) is 34.8 Å². The lowest BCUT2D eigenvalue weighted by Crippen LogP contribution is -2.21. The number of carboxylic acids is 1. The highest BCUT2D eigenvalue weighted by Gasteiger charge is 2.13. The van der Waals surface area contributed by atoms with Gasteiger partial charge in [0.25, 0.3) is 0 Å². The number of nitrogens with zero attached hydrogens (tertiary/aromatic N) is 1. The largest absolute Gasteiger partial charge is 0.478 e. The van der Waals surface area contributed by atoms with Gasteiger partial charge < -0.3 is 10.0 Å². The second-order valence-corrected chi connectivity index (χ2v) is 4.70. The van der Waals surface area contributed by atoms with Crippen LogP contribution in [0.2, 0.25) is 0 Å². The Morgan fingerprint density at radius 3 is 2.69 bits per heavy atom. The topological polar surface area (TPSA) is 40.5 Å². The Kier molecular flexibility index (Phi) is 4.12. The number of hydrogen-bond acceptors (Lipinski definition) is 2. The number of carboxylic acid groups (broad SMARTS) is 1. The van der Waals surface area contributed by atoms with Crippen LogP contribution in [0, 0.1) is 0 Å². The Balaban J connectivity index is 3.13. The van der Waals surface area contributed by atoms with Gasteiger partial charge in [0.2, 0.25) is 0 Å². The minimum Gasteiger partial charge on any atom is -0.478 e. The van der Waals surface area contributed by atoms with Crippen LogP contribution in [-0.2, 0) is 0 Å². The summed E-state index contributed by atoms with van der Waals surface area (Å²) < 4.78 is 0.862. The molecule has 3 nitrogen and oxygen atoms in total. The van der Waals surface area contributed by atoms with Crippen molar-refractivity contribution in [3.05, 3.63) is 40.4 Å². The minimum absolute atomic E-state index is 0.298. The molecule has 0 radical (unpaired) electrons. The lowest BCUT2D eigenvalue weighted by Gasteiger charge is -2.21. The van der Waals surface area contributed by atoms with Gasteiger partial charge in [-0.15, -0.1) is 0 Å². The van der Waals surface area contributed by atoms with E-state index in [1.807, 2.05) is 18.9 Å². The summed E-state index contributed by atoms with van der Waals surface area (Å²) in [7, 11) is 1.85. The molecule has 0 bridgehead atoms. The van der Waals surface area contributed by atoms with Crippen molar-refractivity contribution < 1.29 is 9.90 Å². The lowest BCUT2D eigenvalue weighted by molar-refractivity contribution is 0.0697. The van der Waals surface area contributed by atoms with E-state index in [4.69, 9.17) is 5.11 Å². The molecule has 16 heavy (non-hydrogen) atoms. The second-order valence-electron chi connectivity index (χ2n) is 3.78. The molecule has 0 amide bonds. The molecule has 1 rings (SSSR count). The number of aromatic carboxylic acids is 1. The predicted octanol–water partition coefficient (Wildman–Crippen LogP) is 3.16. The standard InChI is InChI=1S/C12H14BrNO2/c1-8(2)7-14(3)11-6-9(13)4-5-10(11)12(15)16/h4-6H,1,7H2,2-3H3,(H,15,16). The van der Waals surface area contributed by atoms with Gasteiger partial charge >= 0.3 is 5.97 Å². The van der Waals surface area contributed by atoms with E-state index >= 15 is 0 Å². The first-order valence-electron chi connectivity index (χ1n) is 4.80. The normalized spacial score (nSPS) is 9.94. The average Bonchev–Trinajstić information content (AvgIpc) is 2.15. The van der Waals surface area contributed by atoms with Crippen molar-refractivity contribution in [1.82, 2.24) is 0 Å². The van der Waals surface area contributed by atoms with Crippen molar-refractivity contribution in [2.75, 3.05) is 18.5 Å². The number of likely N-dealkylation sites (N-methyl/N-ethyl adjacent to an activating group) is 1. The molecule has 0 aliphatic rings. The van der Waals surface area contributed by atoms with Crippen LogP contribution in [0.25, 0.3) is 0 Å². The van der Waals surface area contributed by atoms with Gasteiger partial charge in [0.05, 0.1) is 11.3 Å². The average molecular weight is 284 g/mol. The van der Waals surface area contributed by atoms with Crippen molar-refractivity contribution >= 4 is 27.6 Å². The molecule has 1 aromatic carbocycles. The first-order chi connectivity index (χ1) is 7.41. The fourth-order valence-electron chi connectivity index (χ4n) is 1.49. The number of anilines is 1. The SMILES string of the molecule is C=C(C)CN(C)c1cc(Br)ccc1C(=O)O. The van der Waals surface area contributed by atoms with Crippen molar-refractivity contribution in [1.29, 1.82) is 0 Å². The molecule has 0 aliphatic carbocycles. The zero-order chi connectivity index (χ0) is 12.3. The molecule has 0 aliphatic heterocycles. The van der Waals surface area contributed by atoms with Gasteiger partial charge in [-0.1, -0.05) is 28.1 Å². The third-order valence-electron chi connectivity index (χ3n) is 2.11. The Morgan fingerprint density at radius 2 is 2.19 bits per heavy atom. The molecule has 1 aromatic rings. The van der Waals surface area contributed by atoms with Crippen LogP contribution in [0.1, 0.15) is 17.3 Å². The highest BCUT2D eigenvalue weighted by molar-refractivity contribution is 9.10. The number of carbonyl (C=O) groups is 1. The smallest absolute Gasteiger partial charge is 0.337 e. The van der Waals surface area contributed by atoms with Crippen molar-refractivity contribution in [2.24, 2.45) is 0 Å². The number of halogens is 1. The molecular weight excluding hydrogens is 270 g/mol. The Labute approximate surface area is 104 Å². The molecule has 0 unspecified atom stereocenters. The number of rotatable bonds is 4. The van der Waals surface area contributed by atoms with E-state index in [2.05, 4.69) is 22.5 Å². The van der Waals surface area contributed by atoms with Crippen LogP contribution in [0.3, 0.4) is 0 Å². The highest BCUT2D eigenvalue weighted by atomic mass is 79.9. The van der Waals surface area contributed by atoms with Gasteiger partial charge in [0.1, 0.15) is 0 Å². The quantitative estimate of drug-likeness (QED) is 0.863. The molecule has 86 valence electrons. The van der Waals surface area contributed by atoms with Gasteiger partial charge in [-0.05, 0) is 25.1 Å². The summed E-state index contributed by atoms with van der Waals surface area (Å²) in [5.74, 6) is -0.920. The molecule has 0 fully saturated rings. The van der Waals surface area contributed by atoms with Crippen molar-refractivity contribution in [3.8, 4) is 0 Å². The van der Waals surface area contributed by atoms with Crippen LogP contribution in [-0.4, -0.2) is 24.7 Å². The summed E-state index contributed by atoms with van der Waals surface area (Å²) in [5, 5.41) is 9.08. The summed E-state index contributed by atoms with van der Waals surface area (Å²) >= 11 is 3.34. The van der Waals surface area contributed by atoms with Crippen LogP contribution >= 0.6 is 15.9 Å². The first kappa shape index (κ1) is 12.8. The van der Waals surface area contributed by atoms with E-state index in [-0.39, 0.29) is 0 Å². The maximum Gasteiger partial charge on any atom is 0.337 e. The fourth-order valence-corrected chi connectivity index (χ4v) is 1.84. The summed E-state index contributed by atoms with van der Waals surface area (Å²) in [4.78, 5) is 12.9. The second kappa shape index (κ2) is 5.16. The van der Waals surface area contributed by atoms with Gasteiger partial charge in [-0.25, -0.2) is 4.79 Å². The number of hydrogen-bond donors (Lipinski definition) is 1. The molecule has 1 N–H and O–H groups in total. The van der Waals surface area contributed by atoms with Crippen LogP contribution in [0.5, 0.6) is 0 Å².